The van der Waals surface area contributed by atoms with Crippen molar-refractivity contribution in [2.75, 3.05) is 13.1 Å². The summed E-state index contributed by atoms with van der Waals surface area (Å²) in [5, 5.41) is 0. The number of aromatic nitrogens is 2. The maximum absolute atomic E-state index is 4.63. The molecular weight excluding hydrogens is 296 g/mol. The summed E-state index contributed by atoms with van der Waals surface area (Å²) in [6.45, 7) is 5.80. The van der Waals surface area contributed by atoms with E-state index < -0.39 is 0 Å². The maximum atomic E-state index is 4.63. The van der Waals surface area contributed by atoms with Gasteiger partial charge in [0.15, 0.2) is 0 Å². The molecule has 0 amide bonds. The topological polar surface area (TPSA) is 50.5 Å². The standard InChI is InChI=1S/C20H26N4/c1-17(21-15-11-19-7-3-5-13-23-19)9-10-18(2)22-16-12-20-8-4-6-14-24-20/h3-8,13-14H,9-12,15-16H2,1-2H3. The summed E-state index contributed by atoms with van der Waals surface area (Å²) in [6, 6.07) is 12.0. The molecule has 0 saturated heterocycles. The highest BCUT2D eigenvalue weighted by molar-refractivity contribution is 5.89. The predicted octanol–water partition coefficient (Wildman–Crippen LogP) is 3.96. The highest BCUT2D eigenvalue weighted by Gasteiger charge is 1.98. The molecule has 0 aliphatic rings. The Morgan fingerprint density at radius 1 is 0.750 bits per heavy atom. The smallest absolute Gasteiger partial charge is 0.0444 e. The van der Waals surface area contributed by atoms with Gasteiger partial charge >= 0.3 is 0 Å². The fraction of sp³-hybridized carbons (Fsp3) is 0.400. The molecule has 4 nitrogen and oxygen atoms in total. The zero-order valence-electron chi connectivity index (χ0n) is 14.7. The summed E-state index contributed by atoms with van der Waals surface area (Å²) in [5.74, 6) is 0. The van der Waals surface area contributed by atoms with Gasteiger partial charge in [0.2, 0.25) is 0 Å². The fourth-order valence-corrected chi connectivity index (χ4v) is 2.33. The largest absolute Gasteiger partial charge is 0.294 e. The Morgan fingerprint density at radius 3 is 1.58 bits per heavy atom. The zero-order valence-corrected chi connectivity index (χ0v) is 14.7. The molecule has 0 bridgehead atoms. The molecule has 0 radical (unpaired) electrons. The zero-order chi connectivity index (χ0) is 17.0. The number of hydrogen-bond donors (Lipinski definition) is 0. The molecule has 24 heavy (non-hydrogen) atoms. The van der Waals surface area contributed by atoms with Crippen molar-refractivity contribution in [3.63, 3.8) is 0 Å². The van der Waals surface area contributed by atoms with E-state index >= 15 is 0 Å². The minimum absolute atomic E-state index is 0.804. The first kappa shape index (κ1) is 18.0. The molecule has 0 aliphatic carbocycles. The normalized spacial score (nSPS) is 12.4. The van der Waals surface area contributed by atoms with Gasteiger partial charge in [-0.2, -0.15) is 0 Å². The van der Waals surface area contributed by atoms with Crippen LogP contribution >= 0.6 is 0 Å². The molecule has 126 valence electrons. The van der Waals surface area contributed by atoms with Crippen molar-refractivity contribution >= 4 is 11.4 Å². The van der Waals surface area contributed by atoms with E-state index in [1.807, 2.05) is 48.8 Å². The SMILES string of the molecule is CC(CCC(C)=NCCc1ccccn1)=NCCc1ccccn1. The quantitative estimate of drug-likeness (QED) is 0.656. The van der Waals surface area contributed by atoms with Crippen LogP contribution in [0, 0.1) is 0 Å². The minimum Gasteiger partial charge on any atom is -0.294 e. The van der Waals surface area contributed by atoms with E-state index in [9.17, 15) is 0 Å². The van der Waals surface area contributed by atoms with Gasteiger partial charge in [0.05, 0.1) is 0 Å². The molecule has 0 N–H and O–H groups in total. The van der Waals surface area contributed by atoms with E-state index in [-0.39, 0.29) is 0 Å². The minimum atomic E-state index is 0.804. The van der Waals surface area contributed by atoms with Crippen LogP contribution in [0.3, 0.4) is 0 Å². The van der Waals surface area contributed by atoms with Gasteiger partial charge in [-0.05, 0) is 51.0 Å². The number of pyridine rings is 2. The van der Waals surface area contributed by atoms with Crippen molar-refractivity contribution < 1.29 is 0 Å². The number of nitrogens with zero attached hydrogens (tertiary/aromatic N) is 4. The van der Waals surface area contributed by atoms with Crippen molar-refractivity contribution in [2.24, 2.45) is 9.98 Å². The summed E-state index contributed by atoms with van der Waals surface area (Å²) in [5.41, 5.74) is 4.57. The Morgan fingerprint density at radius 2 is 1.21 bits per heavy atom. The van der Waals surface area contributed by atoms with E-state index in [0.717, 1.165) is 50.2 Å². The lowest BCUT2D eigenvalue weighted by molar-refractivity contribution is 0.905. The van der Waals surface area contributed by atoms with Gasteiger partial charge in [0.25, 0.3) is 0 Å². The lowest BCUT2D eigenvalue weighted by Gasteiger charge is -2.03. The van der Waals surface area contributed by atoms with E-state index in [1.54, 1.807) is 0 Å². The van der Waals surface area contributed by atoms with Crippen LogP contribution in [0.2, 0.25) is 0 Å². The lowest BCUT2D eigenvalue weighted by Crippen LogP contribution is -2.02. The second-order valence-corrected chi connectivity index (χ2v) is 5.88. The van der Waals surface area contributed by atoms with Gasteiger partial charge in [0.1, 0.15) is 0 Å². The molecule has 0 unspecified atom stereocenters. The van der Waals surface area contributed by atoms with Crippen LogP contribution in [-0.4, -0.2) is 34.5 Å². The monoisotopic (exact) mass is 322 g/mol. The lowest BCUT2D eigenvalue weighted by atomic mass is 10.1. The van der Waals surface area contributed by atoms with Crippen LogP contribution in [0.1, 0.15) is 38.1 Å². The van der Waals surface area contributed by atoms with Crippen molar-refractivity contribution in [1.29, 1.82) is 0 Å². The van der Waals surface area contributed by atoms with Crippen molar-refractivity contribution in [3.8, 4) is 0 Å². The Bertz CT molecular complexity index is 588. The third-order valence-corrected chi connectivity index (χ3v) is 3.80. The van der Waals surface area contributed by atoms with E-state index in [0.29, 0.717) is 0 Å². The summed E-state index contributed by atoms with van der Waals surface area (Å²) < 4.78 is 0. The first-order valence-corrected chi connectivity index (χ1v) is 8.53. The molecule has 2 heterocycles. The Balaban J connectivity index is 1.65. The highest BCUT2D eigenvalue weighted by atomic mass is 14.8. The van der Waals surface area contributed by atoms with Gasteiger partial charge in [0, 0.05) is 61.1 Å². The molecule has 2 aromatic heterocycles. The molecule has 4 heteroatoms. The van der Waals surface area contributed by atoms with Crippen molar-refractivity contribution in [1.82, 2.24) is 9.97 Å². The second kappa shape index (κ2) is 10.4. The molecule has 2 aromatic rings. The van der Waals surface area contributed by atoms with E-state index in [4.69, 9.17) is 0 Å². The van der Waals surface area contributed by atoms with Crippen LogP contribution in [-0.2, 0) is 12.8 Å². The van der Waals surface area contributed by atoms with Crippen LogP contribution in [0.4, 0.5) is 0 Å². The molecule has 0 saturated carbocycles. The Labute approximate surface area is 144 Å². The number of hydrogen-bond acceptors (Lipinski definition) is 4. The second-order valence-electron chi connectivity index (χ2n) is 5.88. The average molecular weight is 322 g/mol. The number of aliphatic imine (C=N–C) groups is 2. The molecule has 0 aliphatic heterocycles. The summed E-state index contributed by atoms with van der Waals surface area (Å²) in [4.78, 5) is 17.9. The van der Waals surface area contributed by atoms with Gasteiger partial charge < -0.3 is 0 Å². The van der Waals surface area contributed by atoms with E-state index in [1.165, 1.54) is 11.4 Å². The van der Waals surface area contributed by atoms with E-state index in [2.05, 4.69) is 33.8 Å². The fourth-order valence-electron chi connectivity index (χ4n) is 2.33. The molecule has 0 fully saturated rings. The number of rotatable bonds is 9. The molecular formula is C20H26N4. The van der Waals surface area contributed by atoms with Crippen LogP contribution in [0.25, 0.3) is 0 Å². The highest BCUT2D eigenvalue weighted by Crippen LogP contribution is 2.01. The van der Waals surface area contributed by atoms with Crippen LogP contribution in [0.15, 0.2) is 58.8 Å². The van der Waals surface area contributed by atoms with Gasteiger partial charge in [-0.15, -0.1) is 0 Å². The van der Waals surface area contributed by atoms with Gasteiger partial charge in [-0.25, -0.2) is 0 Å². The summed E-state index contributed by atoms with van der Waals surface area (Å²) in [6.07, 6.45) is 7.40. The Hall–Kier alpha value is -2.36. The average Bonchev–Trinajstić information content (AvgIpc) is 2.62. The molecule has 2 rings (SSSR count). The predicted molar refractivity (Wildman–Crippen MR) is 101 cm³/mol. The van der Waals surface area contributed by atoms with Crippen LogP contribution in [0.5, 0.6) is 0 Å². The third-order valence-electron chi connectivity index (χ3n) is 3.80. The first-order chi connectivity index (χ1) is 11.7. The van der Waals surface area contributed by atoms with Crippen molar-refractivity contribution in [3.05, 3.63) is 60.2 Å². The van der Waals surface area contributed by atoms with Crippen molar-refractivity contribution in [2.45, 2.75) is 39.5 Å². The van der Waals surface area contributed by atoms with Crippen LogP contribution < -0.4 is 0 Å². The maximum Gasteiger partial charge on any atom is 0.0444 e. The third kappa shape index (κ3) is 7.27. The molecule has 0 aromatic carbocycles. The van der Waals surface area contributed by atoms with Gasteiger partial charge in [-0.3, -0.25) is 20.0 Å². The summed E-state index contributed by atoms with van der Waals surface area (Å²) >= 11 is 0. The Kier molecular flexibility index (Phi) is 7.81. The first-order valence-electron chi connectivity index (χ1n) is 8.53. The molecule has 0 spiro atoms. The summed E-state index contributed by atoms with van der Waals surface area (Å²) in [7, 11) is 0. The molecule has 0 atom stereocenters. The van der Waals surface area contributed by atoms with Gasteiger partial charge in [-0.1, -0.05) is 12.1 Å².